The molecule has 1 aromatic heterocycles. The molecule has 5 rings (SSSR count). The van der Waals surface area contributed by atoms with Crippen molar-refractivity contribution in [3.8, 4) is 16.9 Å². The Morgan fingerprint density at radius 1 is 0.850 bits per heavy atom. The highest BCUT2D eigenvalue weighted by atomic mass is 32.2. The second kappa shape index (κ2) is 11.7. The quantitative estimate of drug-likeness (QED) is 0.178. The summed E-state index contributed by atoms with van der Waals surface area (Å²) >= 11 is 0. The van der Waals surface area contributed by atoms with Crippen LogP contribution in [0.5, 0.6) is 0 Å². The molecule has 1 heterocycles. The Hall–Kier alpha value is -4.53. The van der Waals surface area contributed by atoms with E-state index in [1.165, 1.54) is 16.4 Å². The molecule has 0 spiro atoms. The molecule has 0 atom stereocenters. The molecule has 0 bridgehead atoms. The molecular formula is C32H30N4O3S. The van der Waals surface area contributed by atoms with Crippen LogP contribution in [0, 0.1) is 0 Å². The number of benzene rings is 4. The fourth-order valence-electron chi connectivity index (χ4n) is 4.85. The van der Waals surface area contributed by atoms with Crippen molar-refractivity contribution in [2.24, 2.45) is 5.10 Å². The fraction of sp³-hybridized carbons (Fsp3) is 0.125. The number of carbonyl (C=O) groups excluding carboxylic acids is 1. The Morgan fingerprint density at radius 3 is 2.20 bits per heavy atom. The molecule has 0 saturated heterocycles. The monoisotopic (exact) mass is 550 g/mol. The van der Waals surface area contributed by atoms with Gasteiger partial charge in [-0.05, 0) is 42.0 Å². The second-order valence-corrected chi connectivity index (χ2v) is 11.1. The van der Waals surface area contributed by atoms with Gasteiger partial charge in [0.2, 0.25) is 10.0 Å². The van der Waals surface area contributed by atoms with E-state index in [-0.39, 0.29) is 10.5 Å². The molecular weight excluding hydrogens is 520 g/mol. The van der Waals surface area contributed by atoms with E-state index in [1.807, 2.05) is 66.7 Å². The SMILES string of the molecule is CCN(CC)S(=O)(=O)c1cccc(C(=O)NN=Cc2c(-c3ccccc3)n(-c3ccccc3)c3ccccc23)c1. The van der Waals surface area contributed by atoms with Crippen molar-refractivity contribution < 1.29 is 13.2 Å². The molecule has 5 aromatic rings. The van der Waals surface area contributed by atoms with Crippen LogP contribution in [0.1, 0.15) is 29.8 Å². The van der Waals surface area contributed by atoms with Gasteiger partial charge in [-0.15, -0.1) is 0 Å². The number of para-hydroxylation sites is 2. The molecule has 40 heavy (non-hydrogen) atoms. The molecule has 1 amide bonds. The molecule has 0 aliphatic heterocycles. The first kappa shape index (κ1) is 27.1. The highest BCUT2D eigenvalue weighted by Gasteiger charge is 2.23. The van der Waals surface area contributed by atoms with E-state index in [0.717, 1.165) is 33.4 Å². The number of nitrogens with zero attached hydrogens (tertiary/aromatic N) is 3. The summed E-state index contributed by atoms with van der Waals surface area (Å²) in [4.78, 5) is 13.1. The minimum atomic E-state index is -3.69. The van der Waals surface area contributed by atoms with Crippen LogP contribution in [-0.4, -0.2) is 42.5 Å². The summed E-state index contributed by atoms with van der Waals surface area (Å²) < 4.78 is 29.4. The van der Waals surface area contributed by atoms with Gasteiger partial charge in [0.15, 0.2) is 0 Å². The van der Waals surface area contributed by atoms with Crippen molar-refractivity contribution in [1.29, 1.82) is 0 Å². The van der Waals surface area contributed by atoms with Crippen molar-refractivity contribution in [1.82, 2.24) is 14.3 Å². The summed E-state index contributed by atoms with van der Waals surface area (Å²) in [6.07, 6.45) is 1.65. The summed E-state index contributed by atoms with van der Waals surface area (Å²) in [6, 6.07) is 34.2. The minimum Gasteiger partial charge on any atom is -0.309 e. The average Bonchev–Trinajstić information content (AvgIpc) is 3.33. The Morgan fingerprint density at radius 2 is 1.50 bits per heavy atom. The number of rotatable bonds is 9. The number of hydrogen-bond acceptors (Lipinski definition) is 4. The predicted octanol–water partition coefficient (Wildman–Crippen LogP) is 6.09. The lowest BCUT2D eigenvalue weighted by molar-refractivity contribution is 0.0955. The average molecular weight is 551 g/mol. The van der Waals surface area contributed by atoms with Gasteiger partial charge in [-0.1, -0.05) is 86.6 Å². The number of fused-ring (bicyclic) bond motifs is 1. The number of aromatic nitrogens is 1. The zero-order valence-electron chi connectivity index (χ0n) is 22.4. The van der Waals surface area contributed by atoms with Crippen LogP contribution in [0.15, 0.2) is 119 Å². The molecule has 202 valence electrons. The first-order valence-corrected chi connectivity index (χ1v) is 14.6. The molecule has 0 fully saturated rings. The predicted molar refractivity (Wildman–Crippen MR) is 160 cm³/mol. The zero-order chi connectivity index (χ0) is 28.1. The number of amides is 1. The van der Waals surface area contributed by atoms with Gasteiger partial charge in [0.25, 0.3) is 5.91 Å². The second-order valence-electron chi connectivity index (χ2n) is 9.13. The lowest BCUT2D eigenvalue weighted by atomic mass is 10.1. The third-order valence-electron chi connectivity index (χ3n) is 6.77. The fourth-order valence-corrected chi connectivity index (χ4v) is 6.36. The van der Waals surface area contributed by atoms with Crippen LogP contribution < -0.4 is 5.43 Å². The van der Waals surface area contributed by atoms with E-state index in [1.54, 1.807) is 32.2 Å². The normalized spacial score (nSPS) is 11.9. The van der Waals surface area contributed by atoms with E-state index in [9.17, 15) is 13.2 Å². The van der Waals surface area contributed by atoms with Crippen molar-refractivity contribution in [3.63, 3.8) is 0 Å². The van der Waals surface area contributed by atoms with Crippen molar-refractivity contribution in [3.05, 3.63) is 120 Å². The smallest absolute Gasteiger partial charge is 0.271 e. The van der Waals surface area contributed by atoms with Gasteiger partial charge in [-0.25, -0.2) is 13.8 Å². The van der Waals surface area contributed by atoms with Crippen LogP contribution >= 0.6 is 0 Å². The first-order chi connectivity index (χ1) is 19.5. The molecule has 0 aliphatic carbocycles. The van der Waals surface area contributed by atoms with Gasteiger partial charge in [0.1, 0.15) is 0 Å². The van der Waals surface area contributed by atoms with Crippen LogP contribution in [0.4, 0.5) is 0 Å². The van der Waals surface area contributed by atoms with E-state index in [0.29, 0.717) is 13.1 Å². The molecule has 4 aromatic carbocycles. The van der Waals surface area contributed by atoms with Gasteiger partial charge < -0.3 is 4.57 Å². The van der Waals surface area contributed by atoms with Gasteiger partial charge in [-0.2, -0.15) is 9.41 Å². The lowest BCUT2D eigenvalue weighted by Crippen LogP contribution is -2.30. The summed E-state index contributed by atoms with van der Waals surface area (Å²) in [5.74, 6) is -0.499. The molecule has 0 saturated carbocycles. The van der Waals surface area contributed by atoms with Crippen LogP contribution in [0.2, 0.25) is 0 Å². The third-order valence-corrected chi connectivity index (χ3v) is 8.82. The van der Waals surface area contributed by atoms with Gasteiger partial charge in [0.05, 0.1) is 22.3 Å². The Kier molecular flexibility index (Phi) is 7.91. The summed E-state index contributed by atoms with van der Waals surface area (Å²) in [6.45, 7) is 4.26. The lowest BCUT2D eigenvalue weighted by Gasteiger charge is -2.18. The van der Waals surface area contributed by atoms with Crippen molar-refractivity contribution in [2.45, 2.75) is 18.7 Å². The van der Waals surface area contributed by atoms with Gasteiger partial charge in [-0.3, -0.25) is 4.79 Å². The van der Waals surface area contributed by atoms with E-state index >= 15 is 0 Å². The summed E-state index contributed by atoms with van der Waals surface area (Å²) in [5, 5.41) is 5.30. The molecule has 0 unspecified atom stereocenters. The summed E-state index contributed by atoms with van der Waals surface area (Å²) in [5.41, 5.74) is 7.61. The Bertz CT molecular complexity index is 1780. The minimum absolute atomic E-state index is 0.0742. The maximum absolute atomic E-state index is 13.0. The molecule has 8 heteroatoms. The largest absolute Gasteiger partial charge is 0.309 e. The maximum atomic E-state index is 13.0. The highest BCUT2D eigenvalue weighted by Crippen LogP contribution is 2.35. The van der Waals surface area contributed by atoms with Crippen LogP contribution in [0.25, 0.3) is 27.8 Å². The summed E-state index contributed by atoms with van der Waals surface area (Å²) in [7, 11) is -3.69. The van der Waals surface area contributed by atoms with Gasteiger partial charge >= 0.3 is 0 Å². The first-order valence-electron chi connectivity index (χ1n) is 13.1. The van der Waals surface area contributed by atoms with Crippen molar-refractivity contribution in [2.75, 3.05) is 13.1 Å². The van der Waals surface area contributed by atoms with E-state index < -0.39 is 15.9 Å². The zero-order valence-corrected chi connectivity index (χ0v) is 23.2. The van der Waals surface area contributed by atoms with Crippen LogP contribution in [-0.2, 0) is 10.0 Å². The van der Waals surface area contributed by atoms with Crippen molar-refractivity contribution >= 4 is 33.0 Å². The molecule has 7 nitrogen and oxygen atoms in total. The van der Waals surface area contributed by atoms with E-state index in [4.69, 9.17) is 0 Å². The molecule has 0 radical (unpaired) electrons. The van der Waals surface area contributed by atoms with Crippen LogP contribution in [0.3, 0.4) is 0 Å². The number of hydrazone groups is 1. The maximum Gasteiger partial charge on any atom is 0.271 e. The number of nitrogens with one attached hydrogen (secondary N) is 1. The topological polar surface area (TPSA) is 83.8 Å². The van der Waals surface area contributed by atoms with E-state index in [2.05, 4.69) is 33.3 Å². The number of hydrogen-bond donors (Lipinski definition) is 1. The third kappa shape index (κ3) is 5.19. The standard InChI is InChI=1S/C32H30N4O3S/c1-3-35(4-2)40(38,39)27-19-13-16-25(22-27)32(37)34-33-23-29-28-20-11-12-21-30(28)36(26-17-9-6-10-18-26)31(29)24-14-7-5-8-15-24/h5-23H,3-4H2,1-2H3,(H,34,37). The van der Waals surface area contributed by atoms with Gasteiger partial charge in [0, 0.05) is 35.3 Å². The number of sulfonamides is 1. The Labute approximate surface area is 234 Å². The molecule has 0 aliphatic rings. The Balaban J connectivity index is 1.53. The highest BCUT2D eigenvalue weighted by molar-refractivity contribution is 7.89. The molecule has 1 N–H and O–H groups in total. The number of carbonyl (C=O) groups is 1.